The Labute approximate surface area is 173 Å². The van der Waals surface area contributed by atoms with E-state index < -0.39 is 17.7 Å². The first kappa shape index (κ1) is 18.7. The van der Waals surface area contributed by atoms with Crippen LogP contribution < -0.4 is 10.9 Å². The van der Waals surface area contributed by atoms with Crippen LogP contribution in [0.2, 0.25) is 0 Å². The molecule has 1 aliphatic heterocycles. The predicted octanol–water partition coefficient (Wildman–Crippen LogP) is 2.01. The molecule has 1 N–H and O–H groups in total. The lowest BCUT2D eigenvalue weighted by atomic mass is 9.91. The van der Waals surface area contributed by atoms with Crippen LogP contribution in [0.15, 0.2) is 64.1 Å². The van der Waals surface area contributed by atoms with Gasteiger partial charge in [0.05, 0.1) is 17.3 Å². The third-order valence-corrected chi connectivity index (χ3v) is 4.98. The van der Waals surface area contributed by atoms with E-state index >= 15 is 0 Å². The lowest BCUT2D eigenvalue weighted by Gasteiger charge is -2.23. The molecule has 0 radical (unpaired) electrons. The SMILES string of the molecule is N#CN=c1nc2c(nn1-c1ccc(Br)cc1)C(=O)NC(=O)C2Cc1ccccc1. The van der Waals surface area contributed by atoms with Crippen LogP contribution in [0.25, 0.3) is 5.69 Å². The van der Waals surface area contributed by atoms with Gasteiger partial charge >= 0.3 is 0 Å². The van der Waals surface area contributed by atoms with Gasteiger partial charge in [0.2, 0.25) is 12.1 Å². The number of benzene rings is 2. The lowest BCUT2D eigenvalue weighted by Crippen LogP contribution is -2.45. The molecule has 3 aromatic rings. The summed E-state index contributed by atoms with van der Waals surface area (Å²) in [5.41, 5.74) is 1.73. The van der Waals surface area contributed by atoms with Crippen LogP contribution in [0.5, 0.6) is 0 Å². The Kier molecular flexibility index (Phi) is 5.01. The summed E-state index contributed by atoms with van der Waals surface area (Å²) in [4.78, 5) is 33.1. The Morgan fingerprint density at radius 2 is 1.86 bits per heavy atom. The van der Waals surface area contributed by atoms with E-state index in [2.05, 4.69) is 36.3 Å². The Bertz CT molecular complexity index is 1210. The highest BCUT2D eigenvalue weighted by Crippen LogP contribution is 2.25. The van der Waals surface area contributed by atoms with Gasteiger partial charge in [-0.3, -0.25) is 14.9 Å². The maximum absolute atomic E-state index is 12.5. The number of halogens is 1. The Hall–Kier alpha value is -3.64. The quantitative estimate of drug-likeness (QED) is 0.486. The fraction of sp³-hybridized carbons (Fsp3) is 0.100. The number of carbonyl (C=O) groups is 2. The van der Waals surface area contributed by atoms with Crippen LogP contribution in [0, 0.1) is 11.5 Å². The summed E-state index contributed by atoms with van der Waals surface area (Å²) in [7, 11) is 0. The number of hydrogen-bond donors (Lipinski definition) is 1. The molecular formula is C20H13BrN6O2. The zero-order valence-electron chi connectivity index (χ0n) is 14.9. The second-order valence-electron chi connectivity index (χ2n) is 6.31. The van der Waals surface area contributed by atoms with Gasteiger partial charge in [0, 0.05) is 4.47 Å². The summed E-state index contributed by atoms with van der Waals surface area (Å²) in [6.07, 6.45) is 2.05. The second kappa shape index (κ2) is 7.77. The van der Waals surface area contributed by atoms with Gasteiger partial charge in [-0.15, -0.1) is 4.99 Å². The highest BCUT2D eigenvalue weighted by Gasteiger charge is 2.36. The number of nitrogens with zero attached hydrogens (tertiary/aromatic N) is 5. The van der Waals surface area contributed by atoms with Gasteiger partial charge in [0.15, 0.2) is 5.69 Å². The fourth-order valence-electron chi connectivity index (χ4n) is 3.10. The third kappa shape index (κ3) is 3.70. The summed E-state index contributed by atoms with van der Waals surface area (Å²) in [6.45, 7) is 0. The molecule has 9 heteroatoms. The van der Waals surface area contributed by atoms with Crippen molar-refractivity contribution in [2.45, 2.75) is 12.3 Å². The van der Waals surface area contributed by atoms with E-state index in [0.717, 1.165) is 10.0 Å². The van der Waals surface area contributed by atoms with E-state index in [1.807, 2.05) is 30.3 Å². The number of nitrogens with one attached hydrogen (secondary N) is 1. The topological polar surface area (TPSA) is 113 Å². The molecule has 0 spiro atoms. The van der Waals surface area contributed by atoms with E-state index in [0.29, 0.717) is 12.1 Å². The number of rotatable bonds is 3. The monoisotopic (exact) mass is 448 g/mol. The smallest absolute Gasteiger partial charge is 0.280 e. The van der Waals surface area contributed by atoms with E-state index in [-0.39, 0.29) is 17.0 Å². The highest BCUT2D eigenvalue weighted by molar-refractivity contribution is 9.10. The van der Waals surface area contributed by atoms with Crippen molar-refractivity contribution in [3.8, 4) is 11.9 Å². The molecule has 1 atom stereocenters. The largest absolute Gasteiger partial charge is 0.290 e. The van der Waals surface area contributed by atoms with Crippen LogP contribution in [-0.4, -0.2) is 26.6 Å². The van der Waals surface area contributed by atoms with E-state index in [9.17, 15) is 9.59 Å². The summed E-state index contributed by atoms with van der Waals surface area (Å²) in [6, 6.07) is 16.5. The molecule has 0 saturated heterocycles. The first-order chi connectivity index (χ1) is 14.1. The molecule has 0 aliphatic carbocycles. The number of imide groups is 1. The number of fused-ring (bicyclic) bond motifs is 1. The zero-order valence-corrected chi connectivity index (χ0v) is 16.5. The summed E-state index contributed by atoms with van der Waals surface area (Å²) < 4.78 is 2.17. The number of carbonyl (C=O) groups excluding carboxylic acids is 2. The molecule has 0 bridgehead atoms. The van der Waals surface area contributed by atoms with Crippen molar-refractivity contribution in [3.63, 3.8) is 0 Å². The molecule has 2 aromatic carbocycles. The lowest BCUT2D eigenvalue weighted by molar-refractivity contribution is -0.122. The number of aromatic nitrogens is 3. The Morgan fingerprint density at radius 3 is 2.55 bits per heavy atom. The average molecular weight is 449 g/mol. The number of nitriles is 1. The average Bonchev–Trinajstić information content (AvgIpc) is 2.72. The van der Waals surface area contributed by atoms with Crippen LogP contribution in [0.4, 0.5) is 0 Å². The molecule has 8 nitrogen and oxygen atoms in total. The minimum atomic E-state index is -0.718. The standard InChI is InChI=1S/C20H13BrN6O2/c21-13-6-8-14(9-7-13)27-20(23-11-22)24-16-15(10-12-4-2-1-3-5-12)18(28)25-19(29)17(16)26-27/h1-9,15H,10H2,(H,25,28,29). The molecular weight excluding hydrogens is 436 g/mol. The fourth-order valence-corrected chi connectivity index (χ4v) is 3.37. The summed E-state index contributed by atoms with van der Waals surface area (Å²) >= 11 is 3.36. The number of hydrogen-bond acceptors (Lipinski definition) is 6. The molecule has 2 amide bonds. The van der Waals surface area contributed by atoms with Gasteiger partial charge in [-0.05, 0) is 36.2 Å². The van der Waals surface area contributed by atoms with Crippen LogP contribution in [0.1, 0.15) is 27.7 Å². The Morgan fingerprint density at radius 1 is 1.14 bits per heavy atom. The molecule has 4 rings (SSSR count). The third-order valence-electron chi connectivity index (χ3n) is 4.45. The minimum Gasteiger partial charge on any atom is -0.290 e. The van der Waals surface area contributed by atoms with Crippen molar-refractivity contribution < 1.29 is 9.59 Å². The van der Waals surface area contributed by atoms with Gasteiger partial charge in [-0.25, -0.2) is 4.98 Å². The van der Waals surface area contributed by atoms with Crippen LogP contribution in [0.3, 0.4) is 0 Å². The maximum atomic E-state index is 12.5. The first-order valence-corrected chi connectivity index (χ1v) is 9.45. The molecule has 0 saturated carbocycles. The van der Waals surface area contributed by atoms with Crippen molar-refractivity contribution in [2.75, 3.05) is 0 Å². The molecule has 1 unspecified atom stereocenters. The van der Waals surface area contributed by atoms with E-state index in [4.69, 9.17) is 5.26 Å². The molecule has 0 fully saturated rings. The van der Waals surface area contributed by atoms with Gasteiger partial charge in [0.1, 0.15) is 0 Å². The van der Waals surface area contributed by atoms with Gasteiger partial charge in [-0.2, -0.15) is 15.0 Å². The van der Waals surface area contributed by atoms with Crippen molar-refractivity contribution in [2.24, 2.45) is 4.99 Å². The highest BCUT2D eigenvalue weighted by atomic mass is 79.9. The van der Waals surface area contributed by atoms with Crippen LogP contribution >= 0.6 is 15.9 Å². The molecule has 142 valence electrons. The molecule has 29 heavy (non-hydrogen) atoms. The van der Waals surface area contributed by atoms with Gasteiger partial charge in [0.25, 0.3) is 11.5 Å². The Balaban J connectivity index is 1.88. The molecule has 1 aliphatic rings. The minimum absolute atomic E-state index is 0.00543. The van der Waals surface area contributed by atoms with Crippen LogP contribution in [-0.2, 0) is 11.2 Å². The van der Waals surface area contributed by atoms with Gasteiger partial charge < -0.3 is 0 Å². The van der Waals surface area contributed by atoms with E-state index in [1.54, 1.807) is 30.5 Å². The van der Waals surface area contributed by atoms with Crippen molar-refractivity contribution in [1.29, 1.82) is 5.26 Å². The van der Waals surface area contributed by atoms with Gasteiger partial charge in [-0.1, -0.05) is 46.3 Å². The second-order valence-corrected chi connectivity index (χ2v) is 7.22. The molecule has 2 heterocycles. The normalized spacial score (nSPS) is 16.1. The zero-order chi connectivity index (χ0) is 20.4. The predicted molar refractivity (Wildman–Crippen MR) is 106 cm³/mol. The maximum Gasteiger partial charge on any atom is 0.280 e. The summed E-state index contributed by atoms with van der Waals surface area (Å²) in [5, 5.41) is 15.8. The first-order valence-electron chi connectivity index (χ1n) is 8.66. The van der Waals surface area contributed by atoms with Crippen molar-refractivity contribution >= 4 is 27.7 Å². The van der Waals surface area contributed by atoms with Crippen molar-refractivity contribution in [1.82, 2.24) is 20.1 Å². The molecule has 1 aromatic heterocycles. The number of amides is 2. The summed E-state index contributed by atoms with van der Waals surface area (Å²) in [5.74, 6) is -1.80. The van der Waals surface area contributed by atoms with Crippen molar-refractivity contribution in [3.05, 3.63) is 81.6 Å². The van der Waals surface area contributed by atoms with E-state index in [1.165, 1.54) is 4.68 Å².